The highest BCUT2D eigenvalue weighted by molar-refractivity contribution is 7.15. The van der Waals surface area contributed by atoms with Crippen LogP contribution < -0.4 is 5.73 Å². The molecule has 0 spiro atoms. The second kappa shape index (κ2) is 4.16. The number of hydrogen-bond donors (Lipinski definition) is 1. The van der Waals surface area contributed by atoms with Crippen LogP contribution in [0.1, 0.15) is 29.5 Å². The lowest BCUT2D eigenvalue weighted by Gasteiger charge is -2.15. The molecule has 3 nitrogen and oxygen atoms in total. The summed E-state index contributed by atoms with van der Waals surface area (Å²) in [4.78, 5) is 9.61. The number of nitrogens with zero attached hydrogens (tertiary/aromatic N) is 2. The van der Waals surface area contributed by atoms with Crippen LogP contribution in [-0.2, 0) is 6.42 Å². The molecule has 1 atom stereocenters. The second-order valence-electron chi connectivity index (χ2n) is 4.16. The highest BCUT2D eigenvalue weighted by Crippen LogP contribution is 2.36. The van der Waals surface area contributed by atoms with Crippen LogP contribution in [-0.4, -0.2) is 9.97 Å². The number of hydrogen-bond acceptors (Lipinski definition) is 4. The lowest BCUT2D eigenvalue weighted by molar-refractivity contribution is 0.573. The van der Waals surface area contributed by atoms with E-state index in [-0.39, 0.29) is 11.9 Å². The average molecular weight is 249 g/mol. The van der Waals surface area contributed by atoms with Crippen molar-refractivity contribution >= 4 is 11.3 Å². The van der Waals surface area contributed by atoms with Crippen LogP contribution in [0.5, 0.6) is 0 Å². The van der Waals surface area contributed by atoms with E-state index in [0.717, 1.165) is 29.8 Å². The largest absolute Gasteiger partial charge is 0.323 e. The molecule has 2 aromatic rings. The van der Waals surface area contributed by atoms with Crippen LogP contribution in [0.3, 0.4) is 0 Å². The Morgan fingerprint density at radius 3 is 3.12 bits per heavy atom. The fourth-order valence-electron chi connectivity index (χ4n) is 2.10. The minimum atomic E-state index is -0.327. The molecule has 2 aromatic heterocycles. The standard InChI is InChI=1S/C12H12FN3S/c13-7-3-2-6-15-10(7)12-16-9-5-1-4-8(14)11(9)17-12/h2-3,6,8H,1,4-5,14H2. The van der Waals surface area contributed by atoms with E-state index in [1.807, 2.05) is 0 Å². The summed E-state index contributed by atoms with van der Waals surface area (Å²) in [5.41, 5.74) is 7.39. The van der Waals surface area contributed by atoms with Gasteiger partial charge in [0.1, 0.15) is 10.7 Å². The third kappa shape index (κ3) is 1.85. The Balaban J connectivity index is 2.08. The molecule has 0 saturated heterocycles. The summed E-state index contributed by atoms with van der Waals surface area (Å²) in [6.45, 7) is 0. The van der Waals surface area contributed by atoms with E-state index >= 15 is 0 Å². The molecule has 0 saturated carbocycles. The van der Waals surface area contributed by atoms with Gasteiger partial charge < -0.3 is 5.73 Å². The summed E-state index contributed by atoms with van der Waals surface area (Å²) in [5, 5.41) is 0.644. The van der Waals surface area contributed by atoms with E-state index in [4.69, 9.17) is 5.73 Å². The normalized spacial score (nSPS) is 19.1. The smallest absolute Gasteiger partial charge is 0.151 e. The first kappa shape index (κ1) is 10.8. The van der Waals surface area contributed by atoms with Crippen LogP contribution >= 0.6 is 11.3 Å². The topological polar surface area (TPSA) is 51.8 Å². The Morgan fingerprint density at radius 2 is 2.35 bits per heavy atom. The van der Waals surface area contributed by atoms with Gasteiger partial charge in [-0.15, -0.1) is 11.3 Å². The van der Waals surface area contributed by atoms with Gasteiger partial charge in [-0.3, -0.25) is 4.98 Å². The summed E-state index contributed by atoms with van der Waals surface area (Å²) < 4.78 is 13.6. The van der Waals surface area contributed by atoms with Crippen molar-refractivity contribution < 1.29 is 4.39 Å². The molecule has 2 heterocycles. The van der Waals surface area contributed by atoms with Gasteiger partial charge >= 0.3 is 0 Å². The highest BCUT2D eigenvalue weighted by atomic mass is 32.1. The number of halogens is 1. The van der Waals surface area contributed by atoms with E-state index in [0.29, 0.717) is 10.7 Å². The zero-order chi connectivity index (χ0) is 11.8. The van der Waals surface area contributed by atoms with Gasteiger partial charge in [-0.05, 0) is 31.4 Å². The maximum absolute atomic E-state index is 13.6. The number of thiazole rings is 1. The number of nitrogens with two attached hydrogens (primary N) is 1. The zero-order valence-electron chi connectivity index (χ0n) is 9.19. The van der Waals surface area contributed by atoms with E-state index in [2.05, 4.69) is 9.97 Å². The lowest BCUT2D eigenvalue weighted by Crippen LogP contribution is -2.15. The first-order valence-corrected chi connectivity index (χ1v) is 6.43. The first-order valence-electron chi connectivity index (χ1n) is 5.62. The number of aryl methyl sites for hydroxylation is 1. The fourth-order valence-corrected chi connectivity index (χ4v) is 3.24. The third-order valence-corrected chi connectivity index (χ3v) is 4.19. The molecule has 0 amide bonds. The third-order valence-electron chi connectivity index (χ3n) is 2.95. The van der Waals surface area contributed by atoms with Crippen LogP contribution in [0, 0.1) is 5.82 Å². The van der Waals surface area contributed by atoms with Crippen molar-refractivity contribution in [3.8, 4) is 10.7 Å². The Labute approximate surface area is 103 Å². The highest BCUT2D eigenvalue weighted by Gasteiger charge is 2.23. The predicted molar refractivity (Wildman–Crippen MR) is 65.2 cm³/mol. The molecule has 0 fully saturated rings. The zero-order valence-corrected chi connectivity index (χ0v) is 10.0. The van der Waals surface area contributed by atoms with Gasteiger partial charge in [-0.1, -0.05) is 0 Å². The van der Waals surface area contributed by atoms with Gasteiger partial charge in [0, 0.05) is 17.1 Å². The molecule has 88 valence electrons. The fraction of sp³-hybridized carbons (Fsp3) is 0.333. The Kier molecular flexibility index (Phi) is 2.64. The van der Waals surface area contributed by atoms with Gasteiger partial charge in [-0.25, -0.2) is 9.37 Å². The van der Waals surface area contributed by atoms with Crippen molar-refractivity contribution in [3.63, 3.8) is 0 Å². The van der Waals surface area contributed by atoms with Crippen LogP contribution in [0.2, 0.25) is 0 Å². The summed E-state index contributed by atoms with van der Waals surface area (Å²) in [7, 11) is 0. The van der Waals surface area contributed by atoms with Gasteiger partial charge in [-0.2, -0.15) is 0 Å². The van der Waals surface area contributed by atoms with Crippen molar-refractivity contribution in [2.45, 2.75) is 25.3 Å². The van der Waals surface area contributed by atoms with E-state index in [1.165, 1.54) is 17.4 Å². The molecule has 1 unspecified atom stereocenters. The molecule has 0 aromatic carbocycles. The molecule has 17 heavy (non-hydrogen) atoms. The Bertz CT molecular complexity index is 552. The minimum absolute atomic E-state index is 0.0526. The average Bonchev–Trinajstić information content (AvgIpc) is 2.75. The van der Waals surface area contributed by atoms with E-state index in [9.17, 15) is 4.39 Å². The van der Waals surface area contributed by atoms with Crippen LogP contribution in [0.25, 0.3) is 10.7 Å². The van der Waals surface area contributed by atoms with Crippen molar-refractivity contribution in [2.24, 2.45) is 5.73 Å². The Morgan fingerprint density at radius 1 is 1.47 bits per heavy atom. The molecular formula is C12H12FN3S. The quantitative estimate of drug-likeness (QED) is 0.845. The molecule has 0 radical (unpaired) electrons. The molecule has 1 aliphatic carbocycles. The van der Waals surface area contributed by atoms with E-state index < -0.39 is 0 Å². The van der Waals surface area contributed by atoms with Crippen LogP contribution in [0.15, 0.2) is 18.3 Å². The van der Waals surface area contributed by atoms with E-state index in [1.54, 1.807) is 12.3 Å². The molecule has 3 rings (SSSR count). The number of aromatic nitrogens is 2. The SMILES string of the molecule is NC1CCCc2nc(-c3ncccc3F)sc21. The minimum Gasteiger partial charge on any atom is -0.323 e. The number of rotatable bonds is 1. The summed E-state index contributed by atoms with van der Waals surface area (Å²) in [6.07, 6.45) is 4.56. The molecule has 5 heteroatoms. The summed E-state index contributed by atoms with van der Waals surface area (Å²) in [5.74, 6) is -0.327. The molecular weight excluding hydrogens is 237 g/mol. The maximum Gasteiger partial charge on any atom is 0.151 e. The second-order valence-corrected chi connectivity index (χ2v) is 5.19. The van der Waals surface area contributed by atoms with Crippen molar-refractivity contribution in [1.82, 2.24) is 9.97 Å². The molecule has 0 bridgehead atoms. The van der Waals surface area contributed by atoms with Gasteiger partial charge in [0.25, 0.3) is 0 Å². The van der Waals surface area contributed by atoms with Crippen molar-refractivity contribution in [1.29, 1.82) is 0 Å². The Hall–Kier alpha value is -1.33. The lowest BCUT2D eigenvalue weighted by atomic mass is 9.99. The maximum atomic E-state index is 13.6. The van der Waals surface area contributed by atoms with Crippen molar-refractivity contribution in [2.75, 3.05) is 0 Å². The van der Waals surface area contributed by atoms with Gasteiger partial charge in [0.2, 0.25) is 0 Å². The summed E-state index contributed by atoms with van der Waals surface area (Å²) >= 11 is 1.47. The van der Waals surface area contributed by atoms with Gasteiger partial charge in [0.15, 0.2) is 5.82 Å². The summed E-state index contributed by atoms with van der Waals surface area (Å²) in [6, 6.07) is 3.04. The van der Waals surface area contributed by atoms with Crippen molar-refractivity contribution in [3.05, 3.63) is 34.7 Å². The van der Waals surface area contributed by atoms with Crippen LogP contribution in [0.4, 0.5) is 4.39 Å². The number of pyridine rings is 1. The molecule has 0 aliphatic heterocycles. The molecule has 2 N–H and O–H groups in total. The first-order chi connectivity index (χ1) is 8.25. The number of fused-ring (bicyclic) bond motifs is 1. The monoisotopic (exact) mass is 249 g/mol. The molecule has 1 aliphatic rings. The predicted octanol–water partition coefficient (Wildman–Crippen LogP) is 2.68. The van der Waals surface area contributed by atoms with Gasteiger partial charge in [0.05, 0.1) is 5.69 Å².